The van der Waals surface area contributed by atoms with Crippen molar-refractivity contribution in [3.05, 3.63) is 42.2 Å². The summed E-state index contributed by atoms with van der Waals surface area (Å²) in [5.41, 5.74) is 2.09. The van der Waals surface area contributed by atoms with E-state index in [1.165, 1.54) is 0 Å². The summed E-state index contributed by atoms with van der Waals surface area (Å²) < 4.78 is 5.67. The normalized spacial score (nSPS) is 10.5. The highest BCUT2D eigenvalue weighted by molar-refractivity contribution is 5.88. The quantitative estimate of drug-likeness (QED) is 0.674. The summed E-state index contributed by atoms with van der Waals surface area (Å²) in [6.45, 7) is 5.89. The Morgan fingerprint density at radius 1 is 1.38 bits per heavy atom. The van der Waals surface area contributed by atoms with E-state index in [1.807, 2.05) is 24.3 Å². The molecular weight excluding hydrogens is 160 g/mol. The molecule has 0 atom stereocenters. The SMILES string of the molecule is C=Cc1c(CC)oc2ccccc12. The van der Waals surface area contributed by atoms with E-state index in [1.54, 1.807) is 0 Å². The molecule has 0 bridgehead atoms. The summed E-state index contributed by atoms with van der Waals surface area (Å²) in [5.74, 6) is 1.02. The van der Waals surface area contributed by atoms with Gasteiger partial charge in [0.15, 0.2) is 0 Å². The fraction of sp³-hybridized carbons (Fsp3) is 0.167. The number of aryl methyl sites for hydroxylation is 1. The molecule has 0 unspecified atom stereocenters. The molecule has 1 aromatic heterocycles. The van der Waals surface area contributed by atoms with E-state index in [0.717, 1.165) is 28.7 Å². The first-order chi connectivity index (χ1) is 6.36. The smallest absolute Gasteiger partial charge is 0.134 e. The maximum atomic E-state index is 5.67. The molecule has 0 N–H and O–H groups in total. The van der Waals surface area contributed by atoms with Crippen LogP contribution >= 0.6 is 0 Å². The average molecular weight is 172 g/mol. The monoisotopic (exact) mass is 172 g/mol. The fourth-order valence-electron chi connectivity index (χ4n) is 1.60. The second-order valence-corrected chi connectivity index (χ2v) is 2.99. The number of rotatable bonds is 2. The molecule has 1 heterocycles. The van der Waals surface area contributed by atoms with Gasteiger partial charge in [-0.15, -0.1) is 0 Å². The second-order valence-electron chi connectivity index (χ2n) is 2.99. The Morgan fingerprint density at radius 2 is 2.15 bits per heavy atom. The van der Waals surface area contributed by atoms with Crippen LogP contribution in [0.1, 0.15) is 18.2 Å². The van der Waals surface area contributed by atoms with Gasteiger partial charge in [0, 0.05) is 17.4 Å². The van der Waals surface area contributed by atoms with Crippen molar-refractivity contribution in [3.8, 4) is 0 Å². The molecule has 1 nitrogen and oxygen atoms in total. The lowest BCUT2D eigenvalue weighted by Gasteiger charge is -1.90. The van der Waals surface area contributed by atoms with E-state index in [0.29, 0.717) is 0 Å². The van der Waals surface area contributed by atoms with Gasteiger partial charge in [0.05, 0.1) is 0 Å². The Bertz CT molecular complexity index is 437. The van der Waals surface area contributed by atoms with Crippen molar-refractivity contribution in [1.29, 1.82) is 0 Å². The van der Waals surface area contributed by atoms with Crippen LogP contribution in [0.4, 0.5) is 0 Å². The standard InChI is InChI=1S/C12H12O/c1-3-9-10-7-5-6-8-12(10)13-11(9)4-2/h3,5-8H,1,4H2,2H3. The lowest BCUT2D eigenvalue weighted by atomic mass is 10.1. The Hall–Kier alpha value is -1.50. The number of hydrogen-bond acceptors (Lipinski definition) is 1. The molecule has 13 heavy (non-hydrogen) atoms. The van der Waals surface area contributed by atoms with E-state index < -0.39 is 0 Å². The van der Waals surface area contributed by atoms with Crippen LogP contribution in [0.2, 0.25) is 0 Å². The fourth-order valence-corrected chi connectivity index (χ4v) is 1.60. The third kappa shape index (κ3) is 1.17. The summed E-state index contributed by atoms with van der Waals surface area (Å²) in [6.07, 6.45) is 2.78. The topological polar surface area (TPSA) is 13.1 Å². The van der Waals surface area contributed by atoms with Crippen LogP contribution in [-0.4, -0.2) is 0 Å². The average Bonchev–Trinajstić information content (AvgIpc) is 2.55. The zero-order chi connectivity index (χ0) is 9.26. The third-order valence-corrected chi connectivity index (χ3v) is 2.24. The van der Waals surface area contributed by atoms with Crippen molar-refractivity contribution in [2.24, 2.45) is 0 Å². The number of fused-ring (bicyclic) bond motifs is 1. The Balaban J connectivity index is 2.81. The lowest BCUT2D eigenvalue weighted by Crippen LogP contribution is -1.77. The van der Waals surface area contributed by atoms with Crippen molar-refractivity contribution in [2.45, 2.75) is 13.3 Å². The van der Waals surface area contributed by atoms with Crippen LogP contribution in [0.25, 0.3) is 17.0 Å². The predicted octanol–water partition coefficient (Wildman–Crippen LogP) is 3.64. The summed E-state index contributed by atoms with van der Waals surface area (Å²) in [6, 6.07) is 8.05. The van der Waals surface area contributed by atoms with Gasteiger partial charge < -0.3 is 4.42 Å². The summed E-state index contributed by atoms with van der Waals surface area (Å²) in [7, 11) is 0. The van der Waals surface area contributed by atoms with Crippen molar-refractivity contribution < 1.29 is 4.42 Å². The minimum absolute atomic E-state index is 0.913. The van der Waals surface area contributed by atoms with Gasteiger partial charge >= 0.3 is 0 Å². The van der Waals surface area contributed by atoms with Gasteiger partial charge in [0.1, 0.15) is 11.3 Å². The van der Waals surface area contributed by atoms with Crippen LogP contribution in [0.3, 0.4) is 0 Å². The minimum atomic E-state index is 0.913. The van der Waals surface area contributed by atoms with Crippen LogP contribution in [0.5, 0.6) is 0 Å². The molecule has 2 aromatic rings. The molecule has 0 spiro atoms. The van der Waals surface area contributed by atoms with Gasteiger partial charge in [-0.05, 0) is 6.07 Å². The number of furan rings is 1. The molecule has 66 valence electrons. The second kappa shape index (κ2) is 3.09. The van der Waals surface area contributed by atoms with Gasteiger partial charge in [-0.1, -0.05) is 37.8 Å². The molecule has 0 saturated heterocycles. The maximum Gasteiger partial charge on any atom is 0.134 e. The molecular formula is C12H12O. The molecule has 2 rings (SSSR count). The molecule has 1 aromatic carbocycles. The van der Waals surface area contributed by atoms with E-state index in [-0.39, 0.29) is 0 Å². The molecule has 0 aliphatic heterocycles. The molecule has 0 saturated carbocycles. The van der Waals surface area contributed by atoms with E-state index >= 15 is 0 Å². The van der Waals surface area contributed by atoms with Gasteiger partial charge in [-0.3, -0.25) is 0 Å². The zero-order valence-corrected chi connectivity index (χ0v) is 7.71. The van der Waals surface area contributed by atoms with Crippen LogP contribution < -0.4 is 0 Å². The highest BCUT2D eigenvalue weighted by Gasteiger charge is 2.08. The van der Waals surface area contributed by atoms with Gasteiger partial charge in [-0.2, -0.15) is 0 Å². The molecule has 0 aliphatic rings. The van der Waals surface area contributed by atoms with Crippen LogP contribution in [0, 0.1) is 0 Å². The van der Waals surface area contributed by atoms with Crippen molar-refractivity contribution in [2.75, 3.05) is 0 Å². The van der Waals surface area contributed by atoms with Crippen molar-refractivity contribution in [1.82, 2.24) is 0 Å². The number of para-hydroxylation sites is 1. The molecule has 0 radical (unpaired) electrons. The number of hydrogen-bond donors (Lipinski definition) is 0. The largest absolute Gasteiger partial charge is 0.460 e. The zero-order valence-electron chi connectivity index (χ0n) is 7.71. The van der Waals surface area contributed by atoms with Crippen LogP contribution in [0.15, 0.2) is 35.3 Å². The Kier molecular flexibility index (Phi) is 1.93. The Labute approximate surface area is 77.7 Å². The van der Waals surface area contributed by atoms with E-state index in [2.05, 4.69) is 19.6 Å². The van der Waals surface area contributed by atoms with Gasteiger partial charge in [-0.25, -0.2) is 0 Å². The third-order valence-electron chi connectivity index (χ3n) is 2.24. The van der Waals surface area contributed by atoms with E-state index in [9.17, 15) is 0 Å². The molecule has 0 aliphatic carbocycles. The first-order valence-corrected chi connectivity index (χ1v) is 4.49. The molecule has 0 amide bonds. The lowest BCUT2D eigenvalue weighted by molar-refractivity contribution is 0.556. The molecule has 0 fully saturated rings. The summed E-state index contributed by atoms with van der Waals surface area (Å²) >= 11 is 0. The van der Waals surface area contributed by atoms with Gasteiger partial charge in [0.25, 0.3) is 0 Å². The van der Waals surface area contributed by atoms with Crippen LogP contribution in [-0.2, 0) is 6.42 Å². The highest BCUT2D eigenvalue weighted by atomic mass is 16.3. The van der Waals surface area contributed by atoms with Crippen molar-refractivity contribution >= 4 is 17.0 Å². The highest BCUT2D eigenvalue weighted by Crippen LogP contribution is 2.26. The maximum absolute atomic E-state index is 5.67. The number of benzene rings is 1. The predicted molar refractivity (Wildman–Crippen MR) is 55.7 cm³/mol. The summed E-state index contributed by atoms with van der Waals surface area (Å²) in [5, 5.41) is 1.16. The first kappa shape index (κ1) is 8.11. The minimum Gasteiger partial charge on any atom is -0.460 e. The van der Waals surface area contributed by atoms with Crippen molar-refractivity contribution in [3.63, 3.8) is 0 Å². The molecule has 1 heteroatoms. The van der Waals surface area contributed by atoms with E-state index in [4.69, 9.17) is 4.42 Å². The Morgan fingerprint density at radius 3 is 2.85 bits per heavy atom. The van der Waals surface area contributed by atoms with Gasteiger partial charge in [0.2, 0.25) is 0 Å². The summed E-state index contributed by atoms with van der Waals surface area (Å²) in [4.78, 5) is 0. The first-order valence-electron chi connectivity index (χ1n) is 4.49.